The molecular formula is C14H12N4O2S2. The van der Waals surface area contributed by atoms with E-state index in [-0.39, 0.29) is 11.5 Å². The largest absolute Gasteiger partial charge is 0.332 e. The van der Waals surface area contributed by atoms with Crippen molar-refractivity contribution in [2.24, 2.45) is 7.05 Å². The predicted molar refractivity (Wildman–Crippen MR) is 89.2 cm³/mol. The van der Waals surface area contributed by atoms with Gasteiger partial charge in [0.05, 0.1) is 16.6 Å². The summed E-state index contributed by atoms with van der Waals surface area (Å²) in [7, 11) is 1.60. The second-order valence-electron chi connectivity index (χ2n) is 4.80. The maximum absolute atomic E-state index is 12.2. The van der Waals surface area contributed by atoms with Crippen LogP contribution >= 0.6 is 23.6 Å². The van der Waals surface area contributed by atoms with Gasteiger partial charge in [0.1, 0.15) is 0 Å². The maximum Gasteiger partial charge on any atom is 0.261 e. The molecule has 0 unspecified atom stereocenters. The molecule has 0 bridgehead atoms. The summed E-state index contributed by atoms with van der Waals surface area (Å²) in [6.07, 6.45) is 0. The Bertz CT molecular complexity index is 1000. The molecule has 0 fully saturated rings. The van der Waals surface area contributed by atoms with Crippen LogP contribution in [0.5, 0.6) is 0 Å². The van der Waals surface area contributed by atoms with Gasteiger partial charge in [-0.2, -0.15) is 0 Å². The van der Waals surface area contributed by atoms with Crippen LogP contribution in [0.4, 0.5) is 5.13 Å². The van der Waals surface area contributed by atoms with Crippen LogP contribution in [-0.4, -0.2) is 20.4 Å². The number of nitrogens with one attached hydrogen (secondary N) is 2. The Labute approximate surface area is 134 Å². The molecule has 8 heteroatoms. The van der Waals surface area contributed by atoms with Crippen molar-refractivity contribution in [1.82, 2.24) is 14.5 Å². The van der Waals surface area contributed by atoms with Gasteiger partial charge in [-0.05, 0) is 37.3 Å². The number of carbonyl (C=O) groups is 1. The smallest absolute Gasteiger partial charge is 0.261 e. The molecule has 0 atom stereocenters. The zero-order valence-electron chi connectivity index (χ0n) is 11.8. The lowest BCUT2D eigenvalue weighted by Crippen LogP contribution is -2.19. The van der Waals surface area contributed by atoms with Crippen LogP contribution in [0.1, 0.15) is 16.1 Å². The Morgan fingerprint density at radius 3 is 2.91 bits per heavy atom. The van der Waals surface area contributed by atoms with E-state index in [0.29, 0.717) is 26.4 Å². The number of nitrogens with zero attached hydrogens (tertiary/aromatic N) is 2. The van der Waals surface area contributed by atoms with Crippen molar-refractivity contribution in [3.05, 3.63) is 50.0 Å². The number of aromatic amines is 1. The third-order valence-electron chi connectivity index (χ3n) is 3.20. The van der Waals surface area contributed by atoms with E-state index in [1.165, 1.54) is 15.9 Å². The number of fused-ring (bicyclic) bond motifs is 1. The highest BCUT2D eigenvalue weighted by molar-refractivity contribution is 7.71. The molecular weight excluding hydrogens is 320 g/mol. The van der Waals surface area contributed by atoms with E-state index in [2.05, 4.69) is 15.3 Å². The van der Waals surface area contributed by atoms with Crippen LogP contribution in [0.25, 0.3) is 10.9 Å². The second kappa shape index (κ2) is 5.47. The lowest BCUT2D eigenvalue weighted by Gasteiger charge is -2.05. The van der Waals surface area contributed by atoms with E-state index in [1.54, 1.807) is 25.2 Å². The summed E-state index contributed by atoms with van der Waals surface area (Å²) in [6.45, 7) is 1.86. The van der Waals surface area contributed by atoms with Crippen LogP contribution in [0.3, 0.4) is 0 Å². The van der Waals surface area contributed by atoms with Crippen molar-refractivity contribution in [3.8, 4) is 0 Å². The average molecular weight is 332 g/mol. The van der Waals surface area contributed by atoms with E-state index in [1.807, 2.05) is 12.3 Å². The van der Waals surface area contributed by atoms with Crippen molar-refractivity contribution in [3.63, 3.8) is 0 Å². The maximum atomic E-state index is 12.2. The van der Waals surface area contributed by atoms with Gasteiger partial charge in [-0.25, -0.2) is 4.98 Å². The molecule has 2 aromatic heterocycles. The highest BCUT2D eigenvalue weighted by atomic mass is 32.1. The third-order valence-corrected chi connectivity index (χ3v) is 4.45. The Morgan fingerprint density at radius 1 is 1.45 bits per heavy atom. The molecule has 3 aromatic rings. The molecule has 0 aliphatic carbocycles. The molecule has 112 valence electrons. The van der Waals surface area contributed by atoms with Gasteiger partial charge in [-0.15, -0.1) is 11.3 Å². The quantitative estimate of drug-likeness (QED) is 0.707. The normalized spacial score (nSPS) is 10.8. The number of aromatic nitrogens is 3. The minimum atomic E-state index is -0.281. The standard InChI is InChI=1S/C14H12N4O2S2/c1-7-6-22-13(15-7)17-11(19)8-3-4-9-10(5-8)16-14(21)18(2)12(9)20/h3-6H,1-2H3,(H,16,21)(H,15,17,19). The summed E-state index contributed by atoms with van der Waals surface area (Å²) in [4.78, 5) is 31.5. The van der Waals surface area contributed by atoms with Gasteiger partial charge in [0.25, 0.3) is 11.5 Å². The number of thiazole rings is 1. The number of anilines is 1. The lowest BCUT2D eigenvalue weighted by molar-refractivity contribution is 0.102. The summed E-state index contributed by atoms with van der Waals surface area (Å²) in [6, 6.07) is 4.84. The van der Waals surface area contributed by atoms with Gasteiger partial charge in [-0.1, -0.05) is 0 Å². The van der Waals surface area contributed by atoms with Crippen molar-refractivity contribution in [2.75, 3.05) is 5.32 Å². The van der Waals surface area contributed by atoms with E-state index < -0.39 is 0 Å². The SMILES string of the molecule is Cc1csc(NC(=O)c2ccc3c(=O)n(C)c(=S)[nH]c3c2)n1. The van der Waals surface area contributed by atoms with E-state index >= 15 is 0 Å². The number of rotatable bonds is 2. The molecule has 0 aliphatic rings. The zero-order chi connectivity index (χ0) is 15.9. The fraction of sp³-hybridized carbons (Fsp3) is 0.143. The monoisotopic (exact) mass is 332 g/mol. The van der Waals surface area contributed by atoms with E-state index in [4.69, 9.17) is 12.2 Å². The first-order valence-electron chi connectivity index (χ1n) is 6.42. The second-order valence-corrected chi connectivity index (χ2v) is 6.05. The van der Waals surface area contributed by atoms with Gasteiger partial charge < -0.3 is 4.98 Å². The lowest BCUT2D eigenvalue weighted by atomic mass is 10.1. The Morgan fingerprint density at radius 2 is 2.23 bits per heavy atom. The number of hydrogen-bond donors (Lipinski definition) is 2. The zero-order valence-corrected chi connectivity index (χ0v) is 13.5. The molecule has 0 spiro atoms. The number of hydrogen-bond acceptors (Lipinski definition) is 5. The number of aryl methyl sites for hydroxylation is 1. The van der Waals surface area contributed by atoms with Crippen molar-refractivity contribution < 1.29 is 4.79 Å². The molecule has 0 radical (unpaired) electrons. The molecule has 6 nitrogen and oxygen atoms in total. The summed E-state index contributed by atoms with van der Waals surface area (Å²) < 4.78 is 1.67. The first kappa shape index (κ1) is 14.6. The van der Waals surface area contributed by atoms with E-state index in [9.17, 15) is 9.59 Å². The molecule has 0 aliphatic heterocycles. The first-order chi connectivity index (χ1) is 10.5. The van der Waals surface area contributed by atoms with Crippen molar-refractivity contribution >= 4 is 45.5 Å². The number of H-pyrrole nitrogens is 1. The Balaban J connectivity index is 2.01. The topological polar surface area (TPSA) is 79.8 Å². The Hall–Kier alpha value is -2.32. The minimum absolute atomic E-state index is 0.193. The molecule has 22 heavy (non-hydrogen) atoms. The van der Waals surface area contributed by atoms with Gasteiger partial charge in [0.2, 0.25) is 0 Å². The molecule has 2 heterocycles. The van der Waals surface area contributed by atoms with Crippen LogP contribution in [0.2, 0.25) is 0 Å². The van der Waals surface area contributed by atoms with Crippen molar-refractivity contribution in [1.29, 1.82) is 0 Å². The number of carbonyl (C=O) groups excluding carboxylic acids is 1. The first-order valence-corrected chi connectivity index (χ1v) is 7.71. The highest BCUT2D eigenvalue weighted by Gasteiger charge is 2.11. The molecule has 3 rings (SSSR count). The van der Waals surface area contributed by atoms with Crippen LogP contribution < -0.4 is 10.9 Å². The fourth-order valence-corrected chi connectivity index (χ4v) is 2.90. The van der Waals surface area contributed by atoms with Crippen LogP contribution in [-0.2, 0) is 7.05 Å². The molecule has 1 amide bonds. The predicted octanol–water partition coefficient (Wildman–Crippen LogP) is 2.61. The Kier molecular flexibility index (Phi) is 3.63. The van der Waals surface area contributed by atoms with Crippen LogP contribution in [0.15, 0.2) is 28.4 Å². The van der Waals surface area contributed by atoms with Crippen LogP contribution in [0, 0.1) is 11.7 Å². The third kappa shape index (κ3) is 2.58. The summed E-state index contributed by atoms with van der Waals surface area (Å²) in [5, 5.41) is 5.61. The molecule has 0 saturated heterocycles. The number of amides is 1. The summed E-state index contributed by atoms with van der Waals surface area (Å²) >= 11 is 6.45. The summed E-state index contributed by atoms with van der Waals surface area (Å²) in [5.41, 5.74) is 1.63. The van der Waals surface area contributed by atoms with Gasteiger partial charge >= 0.3 is 0 Å². The summed E-state index contributed by atoms with van der Waals surface area (Å²) in [5.74, 6) is -0.281. The molecule has 2 N–H and O–H groups in total. The minimum Gasteiger partial charge on any atom is -0.332 e. The fourth-order valence-electron chi connectivity index (χ4n) is 2.03. The van der Waals surface area contributed by atoms with Gasteiger partial charge in [0, 0.05) is 18.0 Å². The van der Waals surface area contributed by atoms with Gasteiger partial charge in [-0.3, -0.25) is 19.5 Å². The highest BCUT2D eigenvalue weighted by Crippen LogP contribution is 2.17. The average Bonchev–Trinajstić information content (AvgIpc) is 2.89. The number of benzene rings is 1. The van der Waals surface area contributed by atoms with Crippen molar-refractivity contribution in [2.45, 2.75) is 6.92 Å². The molecule has 1 aromatic carbocycles. The van der Waals surface area contributed by atoms with Gasteiger partial charge in [0.15, 0.2) is 9.90 Å². The molecule has 0 saturated carbocycles. The van der Waals surface area contributed by atoms with E-state index in [0.717, 1.165) is 5.69 Å².